The van der Waals surface area contributed by atoms with E-state index < -0.39 is 0 Å². The van der Waals surface area contributed by atoms with E-state index in [1.54, 1.807) is 18.4 Å². The summed E-state index contributed by atoms with van der Waals surface area (Å²) in [7, 11) is 1.68. The van der Waals surface area contributed by atoms with Gasteiger partial charge in [-0.15, -0.1) is 11.3 Å². The Labute approximate surface area is 106 Å². The van der Waals surface area contributed by atoms with Crippen molar-refractivity contribution in [1.29, 1.82) is 0 Å². The zero-order chi connectivity index (χ0) is 12.3. The molecule has 2 aromatic rings. The first-order valence-electron chi connectivity index (χ1n) is 5.63. The van der Waals surface area contributed by atoms with Crippen molar-refractivity contribution in [2.24, 2.45) is 5.73 Å². The molecule has 17 heavy (non-hydrogen) atoms. The van der Waals surface area contributed by atoms with Crippen molar-refractivity contribution < 1.29 is 4.74 Å². The summed E-state index contributed by atoms with van der Waals surface area (Å²) in [6, 6.07) is 10.3. The summed E-state index contributed by atoms with van der Waals surface area (Å²) < 4.78 is 5.20. The maximum Gasteiger partial charge on any atom is 0.119 e. The summed E-state index contributed by atoms with van der Waals surface area (Å²) in [4.78, 5) is 1.33. The Balaban J connectivity index is 2.16. The van der Waals surface area contributed by atoms with Gasteiger partial charge in [0.2, 0.25) is 0 Å². The minimum absolute atomic E-state index is 0.0551. The van der Waals surface area contributed by atoms with Crippen LogP contribution in [0.1, 0.15) is 22.0 Å². The molecule has 0 aliphatic rings. The Bertz CT molecular complexity index is 479. The number of aryl methyl sites for hydroxylation is 1. The lowest BCUT2D eigenvalue weighted by atomic mass is 9.99. The molecule has 2 rings (SSSR count). The fourth-order valence-electron chi connectivity index (χ4n) is 1.95. The molecule has 1 heterocycles. The Morgan fingerprint density at radius 2 is 2.18 bits per heavy atom. The maximum atomic E-state index is 6.24. The molecule has 1 atom stereocenters. The SMILES string of the molecule is COc1ccc(C(N)Cc2cccs2)c(C)c1. The van der Waals surface area contributed by atoms with Crippen LogP contribution in [0.15, 0.2) is 35.7 Å². The second-order valence-electron chi connectivity index (χ2n) is 4.11. The molecule has 1 aromatic heterocycles. The van der Waals surface area contributed by atoms with E-state index in [1.807, 2.05) is 12.1 Å². The Morgan fingerprint density at radius 3 is 2.76 bits per heavy atom. The third-order valence-electron chi connectivity index (χ3n) is 2.88. The van der Waals surface area contributed by atoms with Crippen molar-refractivity contribution in [3.8, 4) is 5.75 Å². The Kier molecular flexibility index (Phi) is 3.82. The molecule has 0 saturated heterocycles. The molecule has 90 valence electrons. The van der Waals surface area contributed by atoms with Gasteiger partial charge in [-0.05, 0) is 41.6 Å². The minimum atomic E-state index is 0.0551. The molecule has 2 N–H and O–H groups in total. The van der Waals surface area contributed by atoms with Crippen LogP contribution in [0.5, 0.6) is 5.75 Å². The van der Waals surface area contributed by atoms with E-state index in [1.165, 1.54) is 16.0 Å². The van der Waals surface area contributed by atoms with E-state index in [9.17, 15) is 0 Å². The second kappa shape index (κ2) is 5.34. The van der Waals surface area contributed by atoms with E-state index in [0.717, 1.165) is 12.2 Å². The van der Waals surface area contributed by atoms with Gasteiger partial charge >= 0.3 is 0 Å². The van der Waals surface area contributed by atoms with Crippen molar-refractivity contribution in [2.75, 3.05) is 7.11 Å². The predicted molar refractivity (Wildman–Crippen MR) is 72.7 cm³/mol. The first kappa shape index (κ1) is 12.1. The van der Waals surface area contributed by atoms with Gasteiger partial charge in [0.1, 0.15) is 5.75 Å². The van der Waals surface area contributed by atoms with Crippen molar-refractivity contribution in [1.82, 2.24) is 0 Å². The fourth-order valence-corrected chi connectivity index (χ4v) is 2.71. The van der Waals surface area contributed by atoms with E-state index in [4.69, 9.17) is 10.5 Å². The number of ether oxygens (including phenoxy) is 1. The molecule has 0 bridgehead atoms. The third-order valence-corrected chi connectivity index (χ3v) is 3.78. The van der Waals surface area contributed by atoms with E-state index in [-0.39, 0.29) is 6.04 Å². The summed E-state index contributed by atoms with van der Waals surface area (Å²) in [5.74, 6) is 0.884. The van der Waals surface area contributed by atoms with Crippen molar-refractivity contribution >= 4 is 11.3 Å². The molecule has 0 radical (unpaired) electrons. The summed E-state index contributed by atoms with van der Waals surface area (Å²) in [6.07, 6.45) is 0.894. The topological polar surface area (TPSA) is 35.2 Å². The van der Waals surface area contributed by atoms with Crippen LogP contribution < -0.4 is 10.5 Å². The van der Waals surface area contributed by atoms with Crippen LogP contribution >= 0.6 is 11.3 Å². The zero-order valence-electron chi connectivity index (χ0n) is 10.1. The zero-order valence-corrected chi connectivity index (χ0v) is 11.0. The van der Waals surface area contributed by atoms with Gasteiger partial charge in [-0.1, -0.05) is 12.1 Å². The molecule has 2 nitrogen and oxygen atoms in total. The molecule has 1 unspecified atom stereocenters. The van der Waals surface area contributed by atoms with Gasteiger partial charge in [-0.3, -0.25) is 0 Å². The number of nitrogens with two attached hydrogens (primary N) is 1. The van der Waals surface area contributed by atoms with Crippen molar-refractivity contribution in [2.45, 2.75) is 19.4 Å². The highest BCUT2D eigenvalue weighted by molar-refractivity contribution is 7.09. The standard InChI is InChI=1S/C14H17NOS/c1-10-8-11(16-2)5-6-13(10)14(15)9-12-4-3-7-17-12/h3-8,14H,9,15H2,1-2H3. The summed E-state index contributed by atoms with van der Waals surface area (Å²) in [5, 5.41) is 2.09. The van der Waals surface area contributed by atoms with Gasteiger partial charge in [0, 0.05) is 17.3 Å². The van der Waals surface area contributed by atoms with Crippen LogP contribution in [0, 0.1) is 6.92 Å². The number of methoxy groups -OCH3 is 1. The maximum absolute atomic E-state index is 6.24. The minimum Gasteiger partial charge on any atom is -0.497 e. The van der Waals surface area contributed by atoms with Crippen LogP contribution in [0.4, 0.5) is 0 Å². The first-order valence-corrected chi connectivity index (χ1v) is 6.51. The molecule has 0 aliphatic heterocycles. The van der Waals surface area contributed by atoms with Crippen molar-refractivity contribution in [3.05, 3.63) is 51.7 Å². The summed E-state index contributed by atoms with van der Waals surface area (Å²) in [6.45, 7) is 2.08. The lowest BCUT2D eigenvalue weighted by molar-refractivity contribution is 0.414. The molecule has 3 heteroatoms. The fraction of sp³-hybridized carbons (Fsp3) is 0.286. The molecular weight excluding hydrogens is 230 g/mol. The van der Waals surface area contributed by atoms with Gasteiger partial charge in [-0.25, -0.2) is 0 Å². The predicted octanol–water partition coefficient (Wildman–Crippen LogP) is 3.31. The molecule has 0 spiro atoms. The Hall–Kier alpha value is -1.32. The largest absolute Gasteiger partial charge is 0.497 e. The monoisotopic (exact) mass is 247 g/mol. The highest BCUT2D eigenvalue weighted by atomic mass is 32.1. The van der Waals surface area contributed by atoms with Gasteiger partial charge < -0.3 is 10.5 Å². The number of thiophene rings is 1. The number of hydrogen-bond donors (Lipinski definition) is 1. The molecule has 0 fully saturated rings. The highest BCUT2D eigenvalue weighted by Gasteiger charge is 2.11. The molecule has 1 aromatic carbocycles. The second-order valence-corrected chi connectivity index (χ2v) is 5.14. The van der Waals surface area contributed by atoms with Gasteiger partial charge in [0.15, 0.2) is 0 Å². The normalized spacial score (nSPS) is 12.4. The lowest BCUT2D eigenvalue weighted by Crippen LogP contribution is -2.14. The van der Waals surface area contributed by atoms with Crippen LogP contribution in [0.3, 0.4) is 0 Å². The first-order chi connectivity index (χ1) is 8.20. The van der Waals surface area contributed by atoms with Crippen molar-refractivity contribution in [3.63, 3.8) is 0 Å². The number of benzene rings is 1. The highest BCUT2D eigenvalue weighted by Crippen LogP contribution is 2.24. The van der Waals surface area contributed by atoms with Gasteiger partial charge in [0.25, 0.3) is 0 Å². The molecule has 0 aliphatic carbocycles. The van der Waals surface area contributed by atoms with E-state index >= 15 is 0 Å². The van der Waals surface area contributed by atoms with Crippen LogP contribution in [-0.2, 0) is 6.42 Å². The third kappa shape index (κ3) is 2.87. The molecular formula is C14H17NOS. The average Bonchev–Trinajstić information content (AvgIpc) is 2.81. The number of rotatable bonds is 4. The molecule has 0 saturated carbocycles. The quantitative estimate of drug-likeness (QED) is 0.899. The van der Waals surface area contributed by atoms with Gasteiger partial charge in [0.05, 0.1) is 7.11 Å². The van der Waals surface area contributed by atoms with Crippen LogP contribution in [0.2, 0.25) is 0 Å². The van der Waals surface area contributed by atoms with Crippen LogP contribution in [0.25, 0.3) is 0 Å². The van der Waals surface area contributed by atoms with E-state index in [2.05, 4.69) is 30.5 Å². The smallest absolute Gasteiger partial charge is 0.119 e. The van der Waals surface area contributed by atoms with Crippen LogP contribution in [-0.4, -0.2) is 7.11 Å². The number of hydrogen-bond acceptors (Lipinski definition) is 3. The Morgan fingerprint density at radius 1 is 1.35 bits per heavy atom. The molecule has 0 amide bonds. The lowest BCUT2D eigenvalue weighted by Gasteiger charge is -2.14. The summed E-state index contributed by atoms with van der Waals surface area (Å²) >= 11 is 1.75. The van der Waals surface area contributed by atoms with Gasteiger partial charge in [-0.2, -0.15) is 0 Å². The average molecular weight is 247 g/mol. The summed E-state index contributed by atoms with van der Waals surface area (Å²) in [5.41, 5.74) is 8.63. The van der Waals surface area contributed by atoms with E-state index in [0.29, 0.717) is 0 Å².